The molecule has 3 aliphatic heterocycles. The number of pyridine rings is 1. The van der Waals surface area contributed by atoms with E-state index in [1.54, 1.807) is 18.9 Å². The third-order valence-electron chi connectivity index (χ3n) is 11.6. The lowest BCUT2D eigenvalue weighted by molar-refractivity contribution is -0.140. The summed E-state index contributed by atoms with van der Waals surface area (Å²) in [6.45, 7) is 8.56. The van der Waals surface area contributed by atoms with Gasteiger partial charge in [-0.15, -0.1) is 0 Å². The number of sulfonamides is 1. The molecule has 2 aromatic rings. The molecule has 282 valence electrons. The first-order valence-corrected chi connectivity index (χ1v) is 20.1. The summed E-state index contributed by atoms with van der Waals surface area (Å²) in [5, 5.41) is 4.61. The van der Waals surface area contributed by atoms with Gasteiger partial charge in [0.05, 0.1) is 31.6 Å². The van der Waals surface area contributed by atoms with Gasteiger partial charge in [0, 0.05) is 37.2 Å². The van der Waals surface area contributed by atoms with E-state index in [1.165, 1.54) is 0 Å². The quantitative estimate of drug-likeness (QED) is 0.402. The Balaban J connectivity index is 1.18. The summed E-state index contributed by atoms with van der Waals surface area (Å²) < 4.78 is 45.3. The van der Waals surface area contributed by atoms with Crippen molar-refractivity contribution in [3.63, 3.8) is 0 Å². The van der Waals surface area contributed by atoms with Crippen molar-refractivity contribution in [3.05, 3.63) is 36.4 Å². The van der Waals surface area contributed by atoms with Crippen LogP contribution in [0.4, 0.5) is 5.82 Å². The number of allylic oxidation sites excluding steroid dienone is 1. The molecule has 3 amide bonds. The molecule has 2 aliphatic carbocycles. The van der Waals surface area contributed by atoms with Gasteiger partial charge >= 0.3 is 0 Å². The first kappa shape index (κ1) is 36.4. The van der Waals surface area contributed by atoms with Gasteiger partial charge in [-0.3, -0.25) is 19.1 Å². The molecule has 1 aromatic heterocycles. The van der Waals surface area contributed by atoms with E-state index in [4.69, 9.17) is 19.2 Å². The Morgan fingerprint density at radius 1 is 1.10 bits per heavy atom. The van der Waals surface area contributed by atoms with Crippen LogP contribution in [-0.2, 0) is 29.1 Å². The van der Waals surface area contributed by atoms with Gasteiger partial charge in [-0.05, 0) is 86.9 Å². The summed E-state index contributed by atoms with van der Waals surface area (Å²) >= 11 is 0. The van der Waals surface area contributed by atoms with Crippen molar-refractivity contribution in [2.45, 2.75) is 94.6 Å². The Morgan fingerprint density at radius 3 is 2.60 bits per heavy atom. The van der Waals surface area contributed by atoms with Crippen molar-refractivity contribution in [1.82, 2.24) is 19.9 Å². The van der Waals surface area contributed by atoms with E-state index in [0.717, 1.165) is 35.9 Å². The normalized spacial score (nSPS) is 31.3. The summed E-state index contributed by atoms with van der Waals surface area (Å²) in [7, 11) is -2.32. The average Bonchev–Trinajstić information content (AvgIpc) is 3.99. The second-order valence-electron chi connectivity index (χ2n) is 15.8. The van der Waals surface area contributed by atoms with Crippen molar-refractivity contribution in [3.8, 4) is 11.6 Å². The number of nitrogens with zero attached hydrogens (tertiary/aromatic N) is 3. The number of ether oxygens (including phenoxy) is 3. The molecule has 13 nitrogen and oxygen atoms in total. The van der Waals surface area contributed by atoms with Crippen LogP contribution < -0.4 is 24.4 Å². The van der Waals surface area contributed by atoms with Crippen molar-refractivity contribution in [2.24, 2.45) is 17.8 Å². The molecule has 1 aromatic carbocycles. The fourth-order valence-electron chi connectivity index (χ4n) is 7.94. The Labute approximate surface area is 305 Å². The van der Waals surface area contributed by atoms with Crippen molar-refractivity contribution >= 4 is 44.3 Å². The number of morpholine rings is 1. The predicted octanol–water partition coefficient (Wildman–Crippen LogP) is 3.70. The molecule has 0 unspecified atom stereocenters. The Kier molecular flexibility index (Phi) is 9.92. The topological polar surface area (TPSA) is 156 Å². The van der Waals surface area contributed by atoms with Crippen LogP contribution >= 0.6 is 0 Å². The molecule has 5 aliphatic rings. The molecule has 0 bridgehead atoms. The summed E-state index contributed by atoms with van der Waals surface area (Å²) in [5.74, 6) is 0.545. The second-order valence-corrected chi connectivity index (χ2v) is 18.0. The van der Waals surface area contributed by atoms with Gasteiger partial charge in [0.25, 0.3) is 5.91 Å². The third-order valence-corrected chi connectivity index (χ3v) is 13.8. The van der Waals surface area contributed by atoms with Crippen LogP contribution in [-0.4, -0.2) is 98.4 Å². The summed E-state index contributed by atoms with van der Waals surface area (Å²) in [6, 6.07) is 6.75. The van der Waals surface area contributed by atoms with Crippen LogP contribution in [0.15, 0.2) is 36.4 Å². The average molecular weight is 738 g/mol. The van der Waals surface area contributed by atoms with Crippen molar-refractivity contribution in [1.29, 1.82) is 0 Å². The lowest BCUT2D eigenvalue weighted by atomic mass is 9.91. The highest BCUT2D eigenvalue weighted by Crippen LogP contribution is 2.47. The molecule has 2 saturated heterocycles. The highest BCUT2D eigenvalue weighted by Gasteiger charge is 2.63. The van der Waals surface area contributed by atoms with Crippen LogP contribution in [0.1, 0.15) is 72.1 Å². The Morgan fingerprint density at radius 2 is 1.87 bits per heavy atom. The van der Waals surface area contributed by atoms with Crippen molar-refractivity contribution in [2.75, 3.05) is 44.9 Å². The highest BCUT2D eigenvalue weighted by atomic mass is 32.2. The number of carbonyl (C=O) groups is 3. The molecule has 2 N–H and O–H groups in total. The number of nitrogens with one attached hydrogen (secondary N) is 2. The van der Waals surface area contributed by atoms with E-state index >= 15 is 0 Å². The van der Waals surface area contributed by atoms with E-state index < -0.39 is 44.3 Å². The summed E-state index contributed by atoms with van der Waals surface area (Å²) in [6.07, 6.45) is 7.63. The van der Waals surface area contributed by atoms with Gasteiger partial charge in [0.1, 0.15) is 29.3 Å². The zero-order valence-electron chi connectivity index (χ0n) is 30.6. The second kappa shape index (κ2) is 14.1. The minimum atomic E-state index is -3.93. The maximum Gasteiger partial charge on any atom is 0.259 e. The number of fused-ring (bicyclic) bond motifs is 3. The van der Waals surface area contributed by atoms with E-state index in [-0.39, 0.29) is 43.6 Å². The number of methoxy groups -OCH3 is 1. The molecule has 2 saturated carbocycles. The molecular formula is C38H51N5O8S. The van der Waals surface area contributed by atoms with Crippen LogP contribution in [0.5, 0.6) is 11.6 Å². The lowest BCUT2D eigenvalue weighted by Crippen LogP contribution is -2.57. The van der Waals surface area contributed by atoms with Gasteiger partial charge in [0.15, 0.2) is 0 Å². The molecule has 6 atom stereocenters. The predicted molar refractivity (Wildman–Crippen MR) is 195 cm³/mol. The molecule has 4 fully saturated rings. The third kappa shape index (κ3) is 7.33. The highest BCUT2D eigenvalue weighted by molar-refractivity contribution is 7.91. The minimum Gasteiger partial charge on any atom is -0.497 e. The summed E-state index contributed by atoms with van der Waals surface area (Å²) in [4.78, 5) is 50.8. The van der Waals surface area contributed by atoms with Crippen LogP contribution in [0.3, 0.4) is 0 Å². The van der Waals surface area contributed by atoms with E-state index in [0.29, 0.717) is 56.7 Å². The van der Waals surface area contributed by atoms with Gasteiger partial charge in [0.2, 0.25) is 27.7 Å². The van der Waals surface area contributed by atoms with E-state index in [1.807, 2.05) is 36.4 Å². The first-order chi connectivity index (χ1) is 24.8. The number of aromatic nitrogens is 1. The van der Waals surface area contributed by atoms with Crippen LogP contribution in [0.2, 0.25) is 0 Å². The van der Waals surface area contributed by atoms with Crippen LogP contribution in [0.25, 0.3) is 10.8 Å². The van der Waals surface area contributed by atoms with E-state index in [9.17, 15) is 22.8 Å². The standard InChI is InChI=1S/C38H51N5O8S/c1-24-7-5-6-8-27-22-38(27,36(46)41-52(47,48)37(3)11-12-37)40-34(45)31-21-29(23-43(31)33(44)18-25(2)17-24)51-35-30-10-9-28(49-4)19-26(30)20-32(39-35)42-13-15-50-16-14-42/h6,8-10,19-20,24-25,27,29,31H,5,7,11-18,21-23H2,1-4H3,(H,40,45)(H,41,46)/b8-6-/t24-,25+,27+,29+,31-,38+/m0/s1. The number of anilines is 1. The minimum absolute atomic E-state index is 0.102. The maximum absolute atomic E-state index is 14.3. The molecular weight excluding hydrogens is 687 g/mol. The number of rotatable bonds is 7. The fraction of sp³-hybridized carbons (Fsp3) is 0.632. The maximum atomic E-state index is 14.3. The smallest absolute Gasteiger partial charge is 0.259 e. The van der Waals surface area contributed by atoms with Gasteiger partial charge in [-0.25, -0.2) is 8.42 Å². The fourth-order valence-corrected chi connectivity index (χ4v) is 9.25. The van der Waals surface area contributed by atoms with E-state index in [2.05, 4.69) is 28.8 Å². The number of benzene rings is 1. The first-order valence-electron chi connectivity index (χ1n) is 18.6. The van der Waals surface area contributed by atoms with Crippen LogP contribution in [0, 0.1) is 17.8 Å². The molecule has 4 heterocycles. The molecule has 52 heavy (non-hydrogen) atoms. The SMILES string of the molecule is COc1ccc2c(O[C@@H]3C[C@H]4C(=O)N[C@]5(C(=O)NS(=O)(=O)C6(C)CC6)C[C@H]5/C=C\CC[C@H](C)C[C@@H](C)CC(=O)N4C3)nc(N3CCOCC3)cc2c1. The number of hydrogen-bond donors (Lipinski definition) is 2. The van der Waals surface area contributed by atoms with Crippen molar-refractivity contribution < 1.29 is 37.0 Å². The molecule has 14 heteroatoms. The molecule has 0 radical (unpaired) electrons. The number of amides is 3. The lowest BCUT2D eigenvalue weighted by Gasteiger charge is -2.28. The zero-order chi connectivity index (χ0) is 36.8. The molecule has 0 spiro atoms. The zero-order valence-corrected chi connectivity index (χ0v) is 31.4. The Hall–Kier alpha value is -3.91. The van der Waals surface area contributed by atoms with Gasteiger partial charge in [-0.2, -0.15) is 4.98 Å². The summed E-state index contributed by atoms with van der Waals surface area (Å²) in [5.41, 5.74) is -1.43. The molecule has 7 rings (SSSR count). The monoisotopic (exact) mass is 737 g/mol. The number of hydrogen-bond acceptors (Lipinski definition) is 10. The Bertz CT molecular complexity index is 1860. The van der Waals surface area contributed by atoms with Gasteiger partial charge in [-0.1, -0.05) is 26.0 Å². The largest absolute Gasteiger partial charge is 0.497 e. The van der Waals surface area contributed by atoms with Gasteiger partial charge < -0.3 is 29.3 Å². The number of carbonyl (C=O) groups excluding carboxylic acids is 3.